The minimum absolute atomic E-state index is 0.0558. The SMILES string of the molecule is CC1(C)OB(C(CC(=O)Nc2ccccc2)c2ccccc2)OC1(C)C. The molecule has 2 aromatic rings. The lowest BCUT2D eigenvalue weighted by Crippen LogP contribution is -2.41. The number of para-hydroxylation sites is 1. The minimum atomic E-state index is -0.469. The van der Waals surface area contributed by atoms with Crippen molar-refractivity contribution in [2.75, 3.05) is 5.32 Å². The summed E-state index contributed by atoms with van der Waals surface area (Å²) in [6.07, 6.45) is 0.287. The number of carbonyl (C=O) groups is 1. The summed E-state index contributed by atoms with van der Waals surface area (Å²) in [5, 5.41) is 2.96. The van der Waals surface area contributed by atoms with Gasteiger partial charge in [-0.15, -0.1) is 0 Å². The minimum Gasteiger partial charge on any atom is -0.403 e. The Balaban J connectivity index is 1.80. The van der Waals surface area contributed by atoms with E-state index in [4.69, 9.17) is 9.31 Å². The third kappa shape index (κ3) is 4.00. The highest BCUT2D eigenvalue weighted by Gasteiger charge is 2.54. The first-order chi connectivity index (χ1) is 12.3. The van der Waals surface area contributed by atoms with Crippen LogP contribution in [0.3, 0.4) is 0 Å². The molecule has 1 N–H and O–H groups in total. The molecule has 0 saturated carbocycles. The molecule has 1 fully saturated rings. The zero-order chi connectivity index (χ0) is 18.8. The number of benzene rings is 2. The Morgan fingerprint density at radius 3 is 1.96 bits per heavy atom. The molecule has 1 saturated heterocycles. The topological polar surface area (TPSA) is 47.6 Å². The quantitative estimate of drug-likeness (QED) is 0.811. The van der Waals surface area contributed by atoms with Crippen molar-refractivity contribution in [1.29, 1.82) is 0 Å². The average molecular weight is 351 g/mol. The maximum Gasteiger partial charge on any atom is 0.466 e. The van der Waals surface area contributed by atoms with E-state index in [2.05, 4.69) is 5.32 Å². The average Bonchev–Trinajstić information content (AvgIpc) is 2.82. The predicted molar refractivity (Wildman–Crippen MR) is 105 cm³/mol. The first kappa shape index (κ1) is 18.7. The number of hydrogen-bond donors (Lipinski definition) is 1. The van der Waals surface area contributed by atoms with Gasteiger partial charge in [0.05, 0.1) is 11.2 Å². The summed E-state index contributed by atoms with van der Waals surface area (Å²) in [7, 11) is -0.469. The van der Waals surface area contributed by atoms with Gasteiger partial charge in [-0.3, -0.25) is 4.79 Å². The molecule has 26 heavy (non-hydrogen) atoms. The van der Waals surface area contributed by atoms with Crippen LogP contribution in [0.25, 0.3) is 0 Å². The van der Waals surface area contributed by atoms with E-state index in [1.807, 2.05) is 88.4 Å². The summed E-state index contributed by atoms with van der Waals surface area (Å²) in [4.78, 5) is 12.7. The van der Waals surface area contributed by atoms with Gasteiger partial charge in [0.2, 0.25) is 5.91 Å². The third-order valence-electron chi connectivity index (χ3n) is 5.29. The van der Waals surface area contributed by atoms with Crippen LogP contribution in [0.5, 0.6) is 0 Å². The van der Waals surface area contributed by atoms with Crippen molar-refractivity contribution in [1.82, 2.24) is 0 Å². The summed E-state index contributed by atoms with van der Waals surface area (Å²) in [6.45, 7) is 8.11. The largest absolute Gasteiger partial charge is 0.466 e. The van der Waals surface area contributed by atoms with E-state index in [0.29, 0.717) is 0 Å². The van der Waals surface area contributed by atoms with Gasteiger partial charge in [-0.05, 0) is 45.4 Å². The van der Waals surface area contributed by atoms with Gasteiger partial charge in [-0.1, -0.05) is 48.5 Å². The maximum absolute atomic E-state index is 12.7. The van der Waals surface area contributed by atoms with Crippen LogP contribution in [-0.2, 0) is 14.1 Å². The van der Waals surface area contributed by atoms with Gasteiger partial charge in [0, 0.05) is 17.9 Å². The molecule has 0 aromatic heterocycles. The Hall–Kier alpha value is -2.11. The Kier molecular flexibility index (Phi) is 5.21. The molecular formula is C21H26BNO3. The summed E-state index contributed by atoms with van der Waals surface area (Å²) < 4.78 is 12.5. The molecule has 0 bridgehead atoms. The lowest BCUT2D eigenvalue weighted by Gasteiger charge is -2.32. The molecule has 3 rings (SSSR count). The van der Waals surface area contributed by atoms with Crippen LogP contribution in [0.2, 0.25) is 0 Å². The van der Waals surface area contributed by atoms with Gasteiger partial charge in [-0.25, -0.2) is 0 Å². The van der Waals surface area contributed by atoms with Gasteiger partial charge in [0.15, 0.2) is 0 Å². The van der Waals surface area contributed by atoms with Crippen LogP contribution in [0.15, 0.2) is 60.7 Å². The van der Waals surface area contributed by atoms with E-state index in [1.54, 1.807) is 0 Å². The van der Waals surface area contributed by atoms with Crippen molar-refractivity contribution in [3.8, 4) is 0 Å². The molecule has 1 amide bonds. The number of nitrogens with one attached hydrogen (secondary N) is 1. The van der Waals surface area contributed by atoms with Crippen LogP contribution in [0.1, 0.15) is 45.5 Å². The highest BCUT2D eigenvalue weighted by Crippen LogP contribution is 2.41. The fourth-order valence-electron chi connectivity index (χ4n) is 3.06. The standard InChI is InChI=1S/C21H26BNO3/c1-20(2)21(3,4)26-22(25-20)18(16-11-7-5-8-12-16)15-19(24)23-17-13-9-6-10-14-17/h5-14,18H,15H2,1-4H3,(H,23,24). The second kappa shape index (κ2) is 7.26. The van der Waals surface area contributed by atoms with E-state index in [9.17, 15) is 4.79 Å². The molecule has 0 aliphatic carbocycles. The number of amides is 1. The fourth-order valence-corrected chi connectivity index (χ4v) is 3.06. The molecule has 1 heterocycles. The first-order valence-electron chi connectivity index (χ1n) is 9.04. The van der Waals surface area contributed by atoms with Crippen LogP contribution >= 0.6 is 0 Å². The smallest absolute Gasteiger partial charge is 0.403 e. The molecule has 5 heteroatoms. The highest BCUT2D eigenvalue weighted by molar-refractivity contribution is 6.48. The van der Waals surface area contributed by atoms with Gasteiger partial charge >= 0.3 is 7.12 Å². The van der Waals surface area contributed by atoms with E-state index in [1.165, 1.54) is 0 Å². The van der Waals surface area contributed by atoms with Crippen LogP contribution in [0.4, 0.5) is 5.69 Å². The zero-order valence-electron chi connectivity index (χ0n) is 15.9. The summed E-state index contributed by atoms with van der Waals surface area (Å²) in [5.41, 5.74) is 0.966. The van der Waals surface area contributed by atoms with E-state index < -0.39 is 18.3 Å². The van der Waals surface area contributed by atoms with E-state index >= 15 is 0 Å². The fraction of sp³-hybridized carbons (Fsp3) is 0.381. The van der Waals surface area contributed by atoms with Gasteiger partial charge in [0.25, 0.3) is 0 Å². The van der Waals surface area contributed by atoms with Gasteiger partial charge < -0.3 is 14.6 Å². The molecule has 0 radical (unpaired) electrons. The Morgan fingerprint density at radius 1 is 0.923 bits per heavy atom. The van der Waals surface area contributed by atoms with Gasteiger partial charge in [0.1, 0.15) is 0 Å². The first-order valence-corrected chi connectivity index (χ1v) is 9.04. The van der Waals surface area contributed by atoms with Crippen LogP contribution in [-0.4, -0.2) is 24.2 Å². The summed E-state index contributed by atoms with van der Waals surface area (Å²) in [5.74, 6) is -0.235. The highest BCUT2D eigenvalue weighted by atomic mass is 16.7. The Bertz CT molecular complexity index is 730. The van der Waals surface area contributed by atoms with Crippen molar-refractivity contribution in [3.63, 3.8) is 0 Å². The van der Waals surface area contributed by atoms with Crippen molar-refractivity contribution in [3.05, 3.63) is 66.2 Å². The van der Waals surface area contributed by atoms with E-state index in [-0.39, 0.29) is 18.1 Å². The number of hydrogen-bond acceptors (Lipinski definition) is 3. The molecule has 1 atom stereocenters. The van der Waals surface area contributed by atoms with Crippen molar-refractivity contribution >= 4 is 18.7 Å². The molecular weight excluding hydrogens is 325 g/mol. The van der Waals surface area contributed by atoms with Crippen molar-refractivity contribution in [2.45, 2.75) is 51.1 Å². The molecule has 1 unspecified atom stereocenters. The lowest BCUT2D eigenvalue weighted by molar-refractivity contribution is -0.116. The maximum atomic E-state index is 12.7. The lowest BCUT2D eigenvalue weighted by atomic mass is 9.66. The molecule has 1 aliphatic heterocycles. The van der Waals surface area contributed by atoms with Gasteiger partial charge in [-0.2, -0.15) is 0 Å². The second-order valence-corrected chi connectivity index (χ2v) is 7.76. The second-order valence-electron chi connectivity index (χ2n) is 7.76. The number of anilines is 1. The monoisotopic (exact) mass is 351 g/mol. The van der Waals surface area contributed by atoms with Crippen LogP contribution in [0, 0.1) is 0 Å². The predicted octanol–water partition coefficient (Wildman–Crippen LogP) is 4.43. The number of rotatable bonds is 5. The Morgan fingerprint density at radius 2 is 1.42 bits per heavy atom. The summed E-state index contributed by atoms with van der Waals surface area (Å²) in [6, 6.07) is 19.4. The van der Waals surface area contributed by atoms with E-state index in [0.717, 1.165) is 11.3 Å². The van der Waals surface area contributed by atoms with Crippen molar-refractivity contribution in [2.24, 2.45) is 0 Å². The Labute approximate surface area is 156 Å². The normalized spacial score (nSPS) is 19.2. The third-order valence-corrected chi connectivity index (χ3v) is 5.29. The zero-order valence-corrected chi connectivity index (χ0v) is 15.9. The van der Waals surface area contributed by atoms with Crippen molar-refractivity contribution < 1.29 is 14.1 Å². The summed E-state index contributed by atoms with van der Waals surface area (Å²) >= 11 is 0. The molecule has 4 nitrogen and oxygen atoms in total. The number of carbonyl (C=O) groups excluding carboxylic acids is 1. The molecule has 0 spiro atoms. The van der Waals surface area contributed by atoms with Crippen LogP contribution < -0.4 is 5.32 Å². The molecule has 2 aromatic carbocycles. The molecule has 1 aliphatic rings. The molecule has 136 valence electrons.